The number of ether oxygens (including phenoxy) is 4. The first-order valence-corrected chi connectivity index (χ1v) is 13.4. The van der Waals surface area contributed by atoms with Gasteiger partial charge in [0.1, 0.15) is 24.2 Å². The lowest BCUT2D eigenvalue weighted by Crippen LogP contribution is -2.68. The van der Waals surface area contributed by atoms with Crippen molar-refractivity contribution in [1.82, 2.24) is 4.90 Å². The Morgan fingerprint density at radius 3 is 1.85 bits per heavy atom. The molecule has 0 bridgehead atoms. The third-order valence-electron chi connectivity index (χ3n) is 7.33. The third-order valence-corrected chi connectivity index (χ3v) is 7.33. The van der Waals surface area contributed by atoms with Crippen molar-refractivity contribution in [1.29, 1.82) is 0 Å². The molecule has 0 saturated carbocycles. The van der Waals surface area contributed by atoms with Crippen LogP contribution in [0.4, 0.5) is 4.79 Å². The van der Waals surface area contributed by atoms with E-state index in [2.05, 4.69) is 6.58 Å². The number of nitrogens with zero attached hydrogens (tertiary/aromatic N) is 1. The van der Waals surface area contributed by atoms with Gasteiger partial charge in [-0.2, -0.15) is 0 Å². The fraction of sp³-hybridized carbons (Fsp3) is 0.333. The van der Waals surface area contributed by atoms with Gasteiger partial charge in [0.2, 0.25) is 5.91 Å². The summed E-state index contributed by atoms with van der Waals surface area (Å²) in [5.41, 5.74) is 3.87. The molecule has 40 heavy (non-hydrogen) atoms. The van der Waals surface area contributed by atoms with Crippen molar-refractivity contribution < 1.29 is 28.5 Å². The molecule has 1 heterocycles. The normalized spacial score (nSPS) is 17.1. The van der Waals surface area contributed by atoms with Crippen LogP contribution in [-0.4, -0.2) is 49.4 Å². The largest absolute Gasteiger partial charge is 0.508 e. The highest BCUT2D eigenvalue weighted by molar-refractivity contribution is 5.88. The van der Waals surface area contributed by atoms with E-state index in [-0.39, 0.29) is 24.6 Å². The maximum absolute atomic E-state index is 13.7. The highest BCUT2D eigenvalue weighted by Crippen LogP contribution is 2.38. The lowest BCUT2D eigenvalue weighted by Gasteiger charge is -2.53. The van der Waals surface area contributed by atoms with E-state index in [1.54, 1.807) is 21.1 Å². The van der Waals surface area contributed by atoms with E-state index in [1.165, 1.54) is 0 Å². The number of β-lactam (4-membered cyclic amide) rings is 1. The van der Waals surface area contributed by atoms with Crippen molar-refractivity contribution in [2.45, 2.75) is 51.5 Å². The standard InChI is InChI=1S/C33H37NO6/c1-22(2)31-30(23(3)40-33(36)39-21-26-9-7-6-8-10-26)32(35)34(31)27(19-24-11-15-28(37-4)16-12-24)20-25-13-17-29(38-5)18-14-25/h6-18,23,27,30-31H,1,19-21H2,2-5H3. The SMILES string of the molecule is C=C(C)C1C(C(C)OC(=O)OCc2ccccc2)C(=O)N1C(Cc1ccc(OC)cc1)Cc1ccc(OC)cc1. The van der Waals surface area contributed by atoms with Gasteiger partial charge in [0.25, 0.3) is 0 Å². The molecule has 0 spiro atoms. The minimum Gasteiger partial charge on any atom is -0.497 e. The van der Waals surface area contributed by atoms with Crippen LogP contribution in [0, 0.1) is 5.92 Å². The summed E-state index contributed by atoms with van der Waals surface area (Å²) in [5.74, 6) is 0.959. The minimum atomic E-state index is -0.795. The second kappa shape index (κ2) is 13.2. The molecule has 1 aliphatic heterocycles. The molecule has 1 amide bonds. The molecule has 3 aromatic carbocycles. The Hall–Kier alpha value is -4.26. The molecule has 7 heteroatoms. The fourth-order valence-corrected chi connectivity index (χ4v) is 5.26. The number of methoxy groups -OCH3 is 2. The number of likely N-dealkylation sites (tertiary alicyclic amines) is 1. The van der Waals surface area contributed by atoms with Crippen LogP contribution in [0.1, 0.15) is 30.5 Å². The molecule has 1 aliphatic rings. The van der Waals surface area contributed by atoms with Gasteiger partial charge in [-0.1, -0.05) is 66.7 Å². The first-order chi connectivity index (χ1) is 19.3. The Balaban J connectivity index is 1.50. The van der Waals surface area contributed by atoms with Gasteiger partial charge in [-0.05, 0) is 67.6 Å². The topological polar surface area (TPSA) is 74.3 Å². The minimum absolute atomic E-state index is 0.0663. The predicted octanol–water partition coefficient (Wildman–Crippen LogP) is 6.00. The zero-order valence-electron chi connectivity index (χ0n) is 23.5. The molecule has 4 rings (SSSR count). The van der Waals surface area contributed by atoms with Crippen molar-refractivity contribution >= 4 is 12.1 Å². The average molecular weight is 544 g/mol. The van der Waals surface area contributed by atoms with Crippen LogP contribution < -0.4 is 9.47 Å². The first-order valence-electron chi connectivity index (χ1n) is 13.4. The van der Waals surface area contributed by atoms with Crippen molar-refractivity contribution in [2.75, 3.05) is 14.2 Å². The molecule has 3 unspecified atom stereocenters. The molecule has 3 aromatic rings. The van der Waals surface area contributed by atoms with Crippen LogP contribution in [-0.2, 0) is 33.7 Å². The number of benzene rings is 3. The van der Waals surface area contributed by atoms with Gasteiger partial charge in [-0.25, -0.2) is 4.79 Å². The zero-order chi connectivity index (χ0) is 28.6. The molecule has 3 atom stereocenters. The Morgan fingerprint density at radius 1 is 0.850 bits per heavy atom. The van der Waals surface area contributed by atoms with E-state index in [1.807, 2.05) is 90.7 Å². The third kappa shape index (κ3) is 6.84. The Bertz CT molecular complexity index is 1240. The summed E-state index contributed by atoms with van der Waals surface area (Å²) in [6.45, 7) is 7.95. The molecule has 0 aromatic heterocycles. The van der Waals surface area contributed by atoms with Crippen LogP contribution >= 0.6 is 0 Å². The van der Waals surface area contributed by atoms with Crippen LogP contribution in [0.5, 0.6) is 11.5 Å². The van der Waals surface area contributed by atoms with E-state index in [0.29, 0.717) is 12.8 Å². The summed E-state index contributed by atoms with van der Waals surface area (Å²) >= 11 is 0. The fourth-order valence-electron chi connectivity index (χ4n) is 5.26. The molecule has 1 fully saturated rings. The van der Waals surface area contributed by atoms with Crippen molar-refractivity contribution in [3.05, 3.63) is 108 Å². The van der Waals surface area contributed by atoms with Gasteiger partial charge in [-0.15, -0.1) is 0 Å². The van der Waals surface area contributed by atoms with Crippen molar-refractivity contribution in [3.8, 4) is 11.5 Å². The Morgan fingerprint density at radius 2 is 1.38 bits per heavy atom. The molecule has 1 saturated heterocycles. The van der Waals surface area contributed by atoms with E-state index < -0.39 is 18.2 Å². The van der Waals surface area contributed by atoms with Crippen LogP contribution in [0.15, 0.2) is 91.0 Å². The van der Waals surface area contributed by atoms with Gasteiger partial charge in [0, 0.05) is 6.04 Å². The number of hydrogen-bond acceptors (Lipinski definition) is 6. The van der Waals surface area contributed by atoms with E-state index >= 15 is 0 Å². The predicted molar refractivity (Wildman–Crippen MR) is 153 cm³/mol. The highest BCUT2D eigenvalue weighted by Gasteiger charge is 2.53. The van der Waals surface area contributed by atoms with Gasteiger partial charge in [-0.3, -0.25) is 4.79 Å². The summed E-state index contributed by atoms with van der Waals surface area (Å²) in [6.07, 6.45) is -0.174. The van der Waals surface area contributed by atoms with Gasteiger partial charge >= 0.3 is 6.16 Å². The number of hydrogen-bond donors (Lipinski definition) is 0. The smallest absolute Gasteiger partial charge is 0.497 e. The molecule has 0 aliphatic carbocycles. The van der Waals surface area contributed by atoms with Gasteiger partial charge in [0.05, 0.1) is 26.2 Å². The number of rotatable bonds is 12. The lowest BCUT2D eigenvalue weighted by atomic mass is 9.77. The second-order valence-corrected chi connectivity index (χ2v) is 10.2. The lowest BCUT2D eigenvalue weighted by molar-refractivity contribution is -0.166. The number of carbonyl (C=O) groups excluding carboxylic acids is 2. The molecular formula is C33H37NO6. The van der Waals surface area contributed by atoms with E-state index in [9.17, 15) is 9.59 Å². The average Bonchev–Trinajstić information content (AvgIpc) is 2.96. The molecule has 0 N–H and O–H groups in total. The van der Waals surface area contributed by atoms with Crippen LogP contribution in [0.2, 0.25) is 0 Å². The Kier molecular flexibility index (Phi) is 9.48. The van der Waals surface area contributed by atoms with Crippen LogP contribution in [0.25, 0.3) is 0 Å². The summed E-state index contributed by atoms with van der Waals surface area (Å²) in [7, 11) is 3.27. The van der Waals surface area contributed by atoms with Gasteiger partial charge < -0.3 is 23.8 Å². The summed E-state index contributed by atoms with van der Waals surface area (Å²) in [5, 5.41) is 0. The van der Waals surface area contributed by atoms with Crippen LogP contribution in [0.3, 0.4) is 0 Å². The van der Waals surface area contributed by atoms with Crippen molar-refractivity contribution in [3.63, 3.8) is 0 Å². The quantitative estimate of drug-likeness (QED) is 0.158. The maximum Gasteiger partial charge on any atom is 0.508 e. The summed E-state index contributed by atoms with van der Waals surface area (Å²) in [6, 6.07) is 24.8. The molecular weight excluding hydrogens is 506 g/mol. The summed E-state index contributed by atoms with van der Waals surface area (Å²) < 4.78 is 21.5. The maximum atomic E-state index is 13.7. The summed E-state index contributed by atoms with van der Waals surface area (Å²) in [4.78, 5) is 28.1. The number of amides is 1. The molecule has 0 radical (unpaired) electrons. The van der Waals surface area contributed by atoms with Gasteiger partial charge in [0.15, 0.2) is 0 Å². The Labute approximate surface area is 236 Å². The monoisotopic (exact) mass is 543 g/mol. The van der Waals surface area contributed by atoms with Crippen molar-refractivity contribution in [2.24, 2.45) is 5.92 Å². The first kappa shape index (κ1) is 28.7. The van der Waals surface area contributed by atoms with E-state index in [0.717, 1.165) is 33.8 Å². The molecule has 7 nitrogen and oxygen atoms in total. The number of carbonyl (C=O) groups is 2. The second-order valence-electron chi connectivity index (χ2n) is 10.2. The highest BCUT2D eigenvalue weighted by atomic mass is 16.7. The zero-order valence-corrected chi connectivity index (χ0v) is 23.5. The van der Waals surface area contributed by atoms with E-state index in [4.69, 9.17) is 18.9 Å². The molecule has 210 valence electrons.